The number of benzene rings is 1. The number of ether oxygens (including phenoxy) is 1. The van der Waals surface area contributed by atoms with Crippen LogP contribution in [0.4, 0.5) is 0 Å². The third kappa shape index (κ3) is 8.87. The molecule has 0 atom stereocenters. The second-order valence-electron chi connectivity index (χ2n) is 3.87. The lowest BCUT2D eigenvalue weighted by molar-refractivity contribution is 0.102. The van der Waals surface area contributed by atoms with E-state index in [4.69, 9.17) is 14.9 Å². The van der Waals surface area contributed by atoms with Gasteiger partial charge in [0.05, 0.1) is 12.7 Å². The molecule has 80 valence electrons. The topological polar surface area (TPSA) is 49.7 Å². The van der Waals surface area contributed by atoms with Crippen LogP contribution in [0.25, 0.3) is 0 Å². The van der Waals surface area contributed by atoms with Crippen molar-refractivity contribution in [3.63, 3.8) is 0 Å². The Hall–Kier alpha value is -1.22. The summed E-state index contributed by atoms with van der Waals surface area (Å²) in [4.78, 5) is 0. The molecule has 0 radical (unpaired) electrons. The van der Waals surface area contributed by atoms with Crippen molar-refractivity contribution in [2.45, 2.75) is 26.4 Å². The molecule has 0 aliphatic rings. The highest BCUT2D eigenvalue weighted by Gasteiger charge is 1.97. The maximum absolute atomic E-state index is 8.80. The Kier molecular flexibility index (Phi) is 5.02. The summed E-state index contributed by atoms with van der Waals surface area (Å²) in [5.41, 5.74) is -0.500. The van der Waals surface area contributed by atoms with Gasteiger partial charge in [0.25, 0.3) is 0 Å². The highest BCUT2D eigenvalue weighted by Crippen LogP contribution is 2.14. The molecule has 3 heteroatoms. The zero-order chi connectivity index (χ0) is 11.2. The van der Waals surface area contributed by atoms with Crippen LogP contribution < -0.4 is 4.74 Å². The molecule has 0 fully saturated rings. The van der Waals surface area contributed by atoms with Crippen molar-refractivity contribution in [2.24, 2.45) is 0 Å². The summed E-state index contributed by atoms with van der Waals surface area (Å²) in [6, 6.07) is 6.57. The van der Waals surface area contributed by atoms with Crippen molar-refractivity contribution in [1.29, 1.82) is 0 Å². The number of rotatable bonds is 1. The average molecular weight is 198 g/mol. The molecule has 0 saturated heterocycles. The SMILES string of the molecule is CC(C)(C)O.COc1ccc(O)cc1. The first-order valence-corrected chi connectivity index (χ1v) is 4.38. The van der Waals surface area contributed by atoms with Crippen molar-refractivity contribution in [2.75, 3.05) is 7.11 Å². The van der Waals surface area contributed by atoms with Gasteiger partial charge in [0.2, 0.25) is 0 Å². The fraction of sp³-hybridized carbons (Fsp3) is 0.455. The van der Waals surface area contributed by atoms with E-state index in [1.807, 2.05) is 0 Å². The van der Waals surface area contributed by atoms with Gasteiger partial charge in [-0.25, -0.2) is 0 Å². The molecule has 1 rings (SSSR count). The highest BCUT2D eigenvalue weighted by atomic mass is 16.5. The lowest BCUT2D eigenvalue weighted by atomic mass is 10.2. The van der Waals surface area contributed by atoms with Gasteiger partial charge in [-0.2, -0.15) is 0 Å². The number of phenols is 1. The van der Waals surface area contributed by atoms with Gasteiger partial charge in [0.1, 0.15) is 11.5 Å². The Balaban J connectivity index is 0.000000292. The summed E-state index contributed by atoms with van der Waals surface area (Å²) in [6.45, 7) is 5.23. The van der Waals surface area contributed by atoms with Crippen molar-refractivity contribution >= 4 is 0 Å². The molecule has 2 N–H and O–H groups in total. The Morgan fingerprint density at radius 2 is 1.43 bits per heavy atom. The molecule has 0 amide bonds. The highest BCUT2D eigenvalue weighted by molar-refractivity contribution is 5.29. The first-order chi connectivity index (χ1) is 6.33. The largest absolute Gasteiger partial charge is 0.508 e. The second-order valence-corrected chi connectivity index (χ2v) is 3.87. The van der Waals surface area contributed by atoms with Gasteiger partial charge in [0.15, 0.2) is 0 Å². The van der Waals surface area contributed by atoms with Gasteiger partial charge < -0.3 is 14.9 Å². The van der Waals surface area contributed by atoms with Crippen molar-refractivity contribution in [3.8, 4) is 11.5 Å². The molecular weight excluding hydrogens is 180 g/mol. The Morgan fingerprint density at radius 1 is 1.07 bits per heavy atom. The third-order valence-corrected chi connectivity index (χ3v) is 1.07. The van der Waals surface area contributed by atoms with Crippen LogP contribution in [0.15, 0.2) is 24.3 Å². The van der Waals surface area contributed by atoms with Gasteiger partial charge in [0, 0.05) is 0 Å². The fourth-order valence-electron chi connectivity index (χ4n) is 0.582. The minimum Gasteiger partial charge on any atom is -0.508 e. The zero-order valence-corrected chi connectivity index (χ0v) is 9.11. The standard InChI is InChI=1S/C7H8O2.C4H10O/c1-9-7-4-2-6(8)3-5-7;1-4(2,3)5/h2-5,8H,1H3;5H,1-3H3. The summed E-state index contributed by atoms with van der Waals surface area (Å²) in [7, 11) is 1.59. The van der Waals surface area contributed by atoms with E-state index in [9.17, 15) is 0 Å². The lowest BCUT2D eigenvalue weighted by Gasteiger charge is -2.04. The van der Waals surface area contributed by atoms with Gasteiger partial charge in [-0.05, 0) is 45.0 Å². The van der Waals surface area contributed by atoms with E-state index in [2.05, 4.69) is 0 Å². The van der Waals surface area contributed by atoms with Crippen molar-refractivity contribution in [3.05, 3.63) is 24.3 Å². The van der Waals surface area contributed by atoms with Crippen LogP contribution in [0.3, 0.4) is 0 Å². The van der Waals surface area contributed by atoms with Gasteiger partial charge in [-0.3, -0.25) is 0 Å². The first kappa shape index (κ1) is 12.8. The number of aromatic hydroxyl groups is 1. The molecule has 1 aromatic carbocycles. The predicted octanol–water partition coefficient (Wildman–Crippen LogP) is 2.18. The van der Waals surface area contributed by atoms with Crippen LogP contribution in [0.5, 0.6) is 11.5 Å². The summed E-state index contributed by atoms with van der Waals surface area (Å²) in [5.74, 6) is 1.02. The molecule has 1 aromatic rings. The molecular formula is C11H18O3. The van der Waals surface area contributed by atoms with Gasteiger partial charge in [-0.15, -0.1) is 0 Å². The van der Waals surface area contributed by atoms with E-state index in [1.54, 1.807) is 52.1 Å². The molecule has 3 nitrogen and oxygen atoms in total. The van der Waals surface area contributed by atoms with Crippen LogP contribution in [-0.2, 0) is 0 Å². The first-order valence-electron chi connectivity index (χ1n) is 4.38. The number of hydrogen-bond acceptors (Lipinski definition) is 3. The Bertz CT molecular complexity index is 240. The number of hydrogen-bond donors (Lipinski definition) is 2. The number of aliphatic hydroxyl groups is 1. The molecule has 0 aliphatic carbocycles. The minimum absolute atomic E-state index is 0.260. The monoisotopic (exact) mass is 198 g/mol. The van der Waals surface area contributed by atoms with Crippen LogP contribution in [0.1, 0.15) is 20.8 Å². The summed E-state index contributed by atoms with van der Waals surface area (Å²) in [6.07, 6.45) is 0. The van der Waals surface area contributed by atoms with Crippen molar-refractivity contribution in [1.82, 2.24) is 0 Å². The molecule has 0 spiro atoms. The molecule has 0 saturated carbocycles. The maximum atomic E-state index is 8.80. The Labute approximate surface area is 85.0 Å². The lowest BCUT2D eigenvalue weighted by Crippen LogP contribution is -2.10. The molecule has 0 aliphatic heterocycles. The quantitative estimate of drug-likeness (QED) is 0.727. The smallest absolute Gasteiger partial charge is 0.119 e. The molecule has 0 heterocycles. The van der Waals surface area contributed by atoms with Crippen LogP contribution in [0, 0.1) is 0 Å². The fourth-order valence-corrected chi connectivity index (χ4v) is 0.582. The maximum Gasteiger partial charge on any atom is 0.119 e. The van der Waals surface area contributed by atoms with Crippen molar-refractivity contribution < 1.29 is 14.9 Å². The third-order valence-electron chi connectivity index (χ3n) is 1.07. The second kappa shape index (κ2) is 5.50. The molecule has 0 aromatic heterocycles. The Morgan fingerprint density at radius 3 is 1.71 bits per heavy atom. The van der Waals surface area contributed by atoms with Crippen LogP contribution in [-0.4, -0.2) is 22.9 Å². The minimum atomic E-state index is -0.500. The van der Waals surface area contributed by atoms with E-state index in [0.717, 1.165) is 5.75 Å². The predicted molar refractivity (Wildman–Crippen MR) is 56.6 cm³/mol. The van der Waals surface area contributed by atoms with E-state index in [1.165, 1.54) is 0 Å². The van der Waals surface area contributed by atoms with E-state index >= 15 is 0 Å². The zero-order valence-electron chi connectivity index (χ0n) is 9.11. The van der Waals surface area contributed by atoms with Crippen LogP contribution >= 0.6 is 0 Å². The summed E-state index contributed by atoms with van der Waals surface area (Å²) in [5, 5.41) is 17.3. The molecule has 14 heavy (non-hydrogen) atoms. The van der Waals surface area contributed by atoms with Gasteiger partial charge in [-0.1, -0.05) is 0 Å². The van der Waals surface area contributed by atoms with Gasteiger partial charge >= 0.3 is 0 Å². The average Bonchev–Trinajstić information content (AvgIpc) is 2.03. The van der Waals surface area contributed by atoms with E-state index in [-0.39, 0.29) is 5.75 Å². The van der Waals surface area contributed by atoms with E-state index in [0.29, 0.717) is 0 Å². The number of methoxy groups -OCH3 is 1. The molecule has 0 bridgehead atoms. The normalized spacial score (nSPS) is 10.1. The molecule has 0 unspecified atom stereocenters. The van der Waals surface area contributed by atoms with E-state index < -0.39 is 5.60 Å². The summed E-state index contributed by atoms with van der Waals surface area (Å²) >= 11 is 0. The van der Waals surface area contributed by atoms with Crippen LogP contribution in [0.2, 0.25) is 0 Å². The number of phenolic OH excluding ortho intramolecular Hbond substituents is 1. The summed E-state index contributed by atoms with van der Waals surface area (Å²) < 4.78 is 4.86.